The molecule has 0 spiro atoms. The Bertz CT molecular complexity index is 313. The molecular weight excluding hydrogens is 184 g/mol. The van der Waals surface area contributed by atoms with Crippen molar-refractivity contribution in [2.24, 2.45) is 0 Å². The average molecular weight is 204 g/mol. The fourth-order valence-electron chi connectivity index (χ4n) is 1.83. The lowest BCUT2D eigenvalue weighted by Gasteiger charge is -2.12. The van der Waals surface area contributed by atoms with Crippen molar-refractivity contribution in [1.82, 2.24) is 0 Å². The number of hydrogen-bond acceptors (Lipinski definition) is 0. The van der Waals surface area contributed by atoms with Gasteiger partial charge in [-0.05, 0) is 29.2 Å². The molecule has 1 aromatic rings. The minimum Gasteiger partial charge on any atom is -0.0985 e. The summed E-state index contributed by atoms with van der Waals surface area (Å²) in [6.07, 6.45) is 3.13. The van der Waals surface area contributed by atoms with Gasteiger partial charge in [-0.25, -0.2) is 0 Å². The zero-order valence-corrected chi connectivity index (χ0v) is 10.7. The Kier molecular flexibility index (Phi) is 4.14. The van der Waals surface area contributed by atoms with Crippen LogP contribution < -0.4 is 0 Å². The Hall–Kier alpha value is -0.823. The molecule has 1 heteroatoms. The third kappa shape index (κ3) is 2.58. The van der Waals surface area contributed by atoms with Gasteiger partial charge in [0.1, 0.15) is 0 Å². The van der Waals surface area contributed by atoms with Crippen molar-refractivity contribution in [3.8, 4) is 0 Å². The molecule has 0 aromatic heterocycles. The smallest absolute Gasteiger partial charge is 0.0353 e. The van der Waals surface area contributed by atoms with Gasteiger partial charge in [0, 0.05) is 8.80 Å². The molecule has 0 aliphatic rings. The fourth-order valence-corrected chi connectivity index (χ4v) is 3.15. The van der Waals surface area contributed by atoms with E-state index in [4.69, 9.17) is 0 Å². The summed E-state index contributed by atoms with van der Waals surface area (Å²) in [4.78, 5) is 0. The maximum Gasteiger partial charge on any atom is 0.0353 e. The molecule has 76 valence electrons. The van der Waals surface area contributed by atoms with Crippen LogP contribution in [0.1, 0.15) is 23.6 Å². The molecule has 0 nitrogen and oxygen atoms in total. The van der Waals surface area contributed by atoms with Gasteiger partial charge in [0.25, 0.3) is 0 Å². The molecule has 0 radical (unpaired) electrons. The van der Waals surface area contributed by atoms with Crippen LogP contribution in [0.2, 0.25) is 13.1 Å². The van der Waals surface area contributed by atoms with Gasteiger partial charge in [0.15, 0.2) is 0 Å². The largest absolute Gasteiger partial charge is 0.0985 e. The van der Waals surface area contributed by atoms with Crippen LogP contribution in [-0.4, -0.2) is 8.80 Å². The van der Waals surface area contributed by atoms with Gasteiger partial charge in [-0.2, -0.15) is 0 Å². The monoisotopic (exact) mass is 204 g/mol. The summed E-state index contributed by atoms with van der Waals surface area (Å²) in [6.45, 7) is 10.9. The van der Waals surface area contributed by atoms with Gasteiger partial charge in [-0.15, -0.1) is 0 Å². The molecule has 0 atom stereocenters. The number of aryl methyl sites for hydroxylation is 1. The Morgan fingerprint density at radius 3 is 2.57 bits per heavy atom. The van der Waals surface area contributed by atoms with E-state index in [-0.39, 0.29) is 0 Å². The Morgan fingerprint density at radius 2 is 2.07 bits per heavy atom. The summed E-state index contributed by atoms with van der Waals surface area (Å²) in [5.41, 5.74) is 4.39. The van der Waals surface area contributed by atoms with Crippen molar-refractivity contribution in [2.75, 3.05) is 0 Å². The lowest BCUT2D eigenvalue weighted by Crippen LogP contribution is -2.09. The molecule has 0 N–H and O–H groups in total. The normalized spacial score (nSPS) is 10.6. The van der Waals surface area contributed by atoms with Crippen LogP contribution in [0.5, 0.6) is 0 Å². The van der Waals surface area contributed by atoms with E-state index < -0.39 is 8.80 Å². The third-order valence-electron chi connectivity index (χ3n) is 2.52. The van der Waals surface area contributed by atoms with Gasteiger partial charge in [-0.1, -0.05) is 50.9 Å². The van der Waals surface area contributed by atoms with Crippen LogP contribution in [0.15, 0.2) is 24.8 Å². The number of benzene rings is 1. The summed E-state index contributed by atoms with van der Waals surface area (Å²) in [5.74, 6) is 0. The molecule has 0 saturated carbocycles. The first-order valence-electron chi connectivity index (χ1n) is 5.42. The van der Waals surface area contributed by atoms with E-state index in [1.54, 1.807) is 5.56 Å². The molecule has 0 fully saturated rings. The molecule has 1 rings (SSSR count). The second-order valence-electron chi connectivity index (χ2n) is 4.14. The van der Waals surface area contributed by atoms with Crippen molar-refractivity contribution in [2.45, 2.75) is 32.5 Å². The lowest BCUT2D eigenvalue weighted by atomic mass is 10.0. The van der Waals surface area contributed by atoms with E-state index in [1.807, 2.05) is 6.08 Å². The first kappa shape index (κ1) is 11.3. The van der Waals surface area contributed by atoms with Crippen LogP contribution in [-0.2, 0) is 12.5 Å². The van der Waals surface area contributed by atoms with Crippen molar-refractivity contribution < 1.29 is 0 Å². The molecule has 0 aliphatic carbocycles. The van der Waals surface area contributed by atoms with Gasteiger partial charge < -0.3 is 0 Å². The maximum absolute atomic E-state index is 3.89. The van der Waals surface area contributed by atoms with E-state index >= 15 is 0 Å². The molecule has 14 heavy (non-hydrogen) atoms. The minimum atomic E-state index is -0.529. The molecule has 0 saturated heterocycles. The van der Waals surface area contributed by atoms with Crippen molar-refractivity contribution >= 4 is 14.9 Å². The highest BCUT2D eigenvalue weighted by atomic mass is 28.3. The summed E-state index contributed by atoms with van der Waals surface area (Å²) in [6, 6.07) is 7.87. The SMILES string of the molecule is C=Cc1cccc(CC)c1C[SiH](C)C. The Morgan fingerprint density at radius 1 is 1.36 bits per heavy atom. The Labute approximate surface area is 89.3 Å². The van der Waals surface area contributed by atoms with Crippen LogP contribution in [0.4, 0.5) is 0 Å². The van der Waals surface area contributed by atoms with Crippen LogP contribution >= 0.6 is 0 Å². The van der Waals surface area contributed by atoms with E-state index in [1.165, 1.54) is 17.2 Å². The van der Waals surface area contributed by atoms with Crippen LogP contribution in [0.25, 0.3) is 6.08 Å². The minimum absolute atomic E-state index is 0.529. The zero-order valence-electron chi connectivity index (χ0n) is 9.51. The van der Waals surface area contributed by atoms with Crippen molar-refractivity contribution in [3.63, 3.8) is 0 Å². The van der Waals surface area contributed by atoms with Crippen LogP contribution in [0.3, 0.4) is 0 Å². The first-order valence-corrected chi connectivity index (χ1v) is 8.54. The predicted octanol–water partition coefficient (Wildman–Crippen LogP) is 3.46. The van der Waals surface area contributed by atoms with Crippen LogP contribution in [0, 0.1) is 0 Å². The molecule has 0 bridgehead atoms. The van der Waals surface area contributed by atoms with Crippen molar-refractivity contribution in [1.29, 1.82) is 0 Å². The Balaban J connectivity index is 3.12. The zero-order chi connectivity index (χ0) is 10.6. The van der Waals surface area contributed by atoms with Gasteiger partial charge >= 0.3 is 0 Å². The van der Waals surface area contributed by atoms with E-state index in [9.17, 15) is 0 Å². The summed E-state index contributed by atoms with van der Waals surface area (Å²) in [7, 11) is -0.529. The molecule has 0 aliphatic heterocycles. The number of rotatable bonds is 4. The molecule has 0 unspecified atom stereocenters. The van der Waals surface area contributed by atoms with Gasteiger partial charge in [-0.3, -0.25) is 0 Å². The summed E-state index contributed by atoms with van der Waals surface area (Å²) < 4.78 is 0. The molecular formula is C13H20Si. The van der Waals surface area contributed by atoms with Crippen molar-refractivity contribution in [3.05, 3.63) is 41.5 Å². The highest BCUT2D eigenvalue weighted by Gasteiger charge is 2.07. The van der Waals surface area contributed by atoms with E-state index in [2.05, 4.69) is 44.8 Å². The van der Waals surface area contributed by atoms with E-state index in [0.717, 1.165) is 6.42 Å². The van der Waals surface area contributed by atoms with E-state index in [0.29, 0.717) is 0 Å². The lowest BCUT2D eigenvalue weighted by molar-refractivity contribution is 1.09. The quantitative estimate of drug-likeness (QED) is 0.659. The highest BCUT2D eigenvalue weighted by molar-refractivity contribution is 6.55. The fraction of sp³-hybridized carbons (Fsp3) is 0.385. The predicted molar refractivity (Wildman–Crippen MR) is 68.5 cm³/mol. The highest BCUT2D eigenvalue weighted by Crippen LogP contribution is 2.18. The standard InChI is InChI=1S/C13H20Si/c1-5-11-8-7-9-12(6-2)13(11)10-14(3)4/h5,7-9,14H,1,6,10H2,2-4H3. The maximum atomic E-state index is 3.89. The van der Waals surface area contributed by atoms with Gasteiger partial charge in [0.05, 0.1) is 0 Å². The second-order valence-corrected chi connectivity index (χ2v) is 7.34. The van der Waals surface area contributed by atoms with Gasteiger partial charge in [0.2, 0.25) is 0 Å². The first-order chi connectivity index (χ1) is 6.69. The second kappa shape index (κ2) is 5.16. The number of hydrogen-bond donors (Lipinski definition) is 0. The topological polar surface area (TPSA) is 0 Å². The summed E-state index contributed by atoms with van der Waals surface area (Å²) >= 11 is 0. The molecule has 0 heterocycles. The summed E-state index contributed by atoms with van der Waals surface area (Å²) in [5, 5.41) is 0. The molecule has 0 amide bonds. The molecule has 1 aromatic carbocycles. The average Bonchev–Trinajstić information content (AvgIpc) is 2.17. The third-order valence-corrected chi connectivity index (χ3v) is 3.75.